The molecule has 130 valence electrons. The van der Waals surface area contributed by atoms with Crippen molar-refractivity contribution in [1.82, 2.24) is 4.57 Å². The lowest BCUT2D eigenvalue weighted by molar-refractivity contribution is 0.100. The molecule has 0 atom stereocenters. The van der Waals surface area contributed by atoms with Crippen LogP contribution in [0.5, 0.6) is 5.75 Å². The summed E-state index contributed by atoms with van der Waals surface area (Å²) in [4.78, 5) is 12.0. The van der Waals surface area contributed by atoms with Gasteiger partial charge in [-0.25, -0.2) is 4.39 Å². The van der Waals surface area contributed by atoms with Gasteiger partial charge in [-0.2, -0.15) is 0 Å². The predicted octanol–water partition coefficient (Wildman–Crippen LogP) is 4.09. The van der Waals surface area contributed by atoms with Gasteiger partial charge in [-0.15, -0.1) is 0 Å². The van der Waals surface area contributed by atoms with Crippen LogP contribution in [0.15, 0.2) is 60.7 Å². The minimum atomic E-state index is -0.555. The Kier molecular flexibility index (Phi) is 3.84. The minimum Gasteiger partial charge on any atom is -0.496 e. The number of fused-ring (bicyclic) bond motifs is 3. The second kappa shape index (κ2) is 6.19. The molecule has 4 nitrogen and oxygen atoms in total. The first-order valence-electron chi connectivity index (χ1n) is 8.23. The van der Waals surface area contributed by atoms with E-state index < -0.39 is 5.91 Å². The zero-order chi connectivity index (χ0) is 18.3. The quantitative estimate of drug-likeness (QED) is 0.604. The molecule has 0 unspecified atom stereocenters. The largest absolute Gasteiger partial charge is 0.496 e. The van der Waals surface area contributed by atoms with Crippen LogP contribution in [0.3, 0.4) is 0 Å². The van der Waals surface area contributed by atoms with Crippen molar-refractivity contribution in [2.45, 2.75) is 6.54 Å². The molecule has 4 rings (SSSR count). The van der Waals surface area contributed by atoms with Crippen LogP contribution in [-0.4, -0.2) is 17.6 Å². The van der Waals surface area contributed by atoms with Gasteiger partial charge < -0.3 is 15.0 Å². The standard InChI is InChI=1S/C21H17FN2O2/c1-26-17-11-10-15(22)20-19(17)18-14(21(23)25)8-5-9-16(18)24(20)12-13-6-3-2-4-7-13/h2-11H,12H2,1H3,(H2,23,25). The normalized spacial score (nSPS) is 11.2. The number of hydrogen-bond donors (Lipinski definition) is 1. The maximum atomic E-state index is 14.8. The first-order valence-corrected chi connectivity index (χ1v) is 8.23. The molecule has 4 aromatic rings. The molecule has 0 aliphatic carbocycles. The summed E-state index contributed by atoms with van der Waals surface area (Å²) in [7, 11) is 1.53. The van der Waals surface area contributed by atoms with Crippen LogP contribution < -0.4 is 10.5 Å². The van der Waals surface area contributed by atoms with Crippen LogP contribution >= 0.6 is 0 Å². The van der Waals surface area contributed by atoms with Crippen molar-refractivity contribution < 1.29 is 13.9 Å². The molecule has 0 radical (unpaired) electrons. The Balaban J connectivity index is 2.16. The molecule has 0 spiro atoms. The molecule has 1 amide bonds. The number of ether oxygens (including phenoxy) is 1. The Labute approximate surface area is 149 Å². The average molecular weight is 348 g/mol. The zero-order valence-electron chi connectivity index (χ0n) is 14.2. The number of primary amides is 1. The van der Waals surface area contributed by atoms with Crippen LogP contribution in [0.4, 0.5) is 4.39 Å². The number of hydrogen-bond acceptors (Lipinski definition) is 2. The van der Waals surface area contributed by atoms with Gasteiger partial charge in [-0.1, -0.05) is 36.4 Å². The number of aromatic nitrogens is 1. The van der Waals surface area contributed by atoms with Gasteiger partial charge >= 0.3 is 0 Å². The van der Waals surface area contributed by atoms with Crippen molar-refractivity contribution in [3.8, 4) is 5.75 Å². The van der Waals surface area contributed by atoms with Crippen LogP contribution in [0, 0.1) is 5.82 Å². The number of methoxy groups -OCH3 is 1. The number of rotatable bonds is 4. The first kappa shape index (κ1) is 16.1. The van der Waals surface area contributed by atoms with E-state index in [9.17, 15) is 9.18 Å². The van der Waals surface area contributed by atoms with Gasteiger partial charge in [0.2, 0.25) is 5.91 Å². The van der Waals surface area contributed by atoms with E-state index in [1.165, 1.54) is 13.2 Å². The van der Waals surface area contributed by atoms with Gasteiger partial charge in [-0.05, 0) is 29.8 Å². The highest BCUT2D eigenvalue weighted by Crippen LogP contribution is 2.39. The summed E-state index contributed by atoms with van der Waals surface area (Å²) in [5.41, 5.74) is 8.09. The molecule has 2 N–H and O–H groups in total. The SMILES string of the molecule is COc1ccc(F)c2c1c1c(C(N)=O)cccc1n2Cc1ccccc1. The molecule has 1 heterocycles. The summed E-state index contributed by atoms with van der Waals surface area (Å²) in [6, 6.07) is 18.0. The minimum absolute atomic E-state index is 0.350. The molecule has 0 aliphatic heterocycles. The van der Waals surface area contributed by atoms with Gasteiger partial charge in [0.15, 0.2) is 0 Å². The molecule has 26 heavy (non-hydrogen) atoms. The third kappa shape index (κ3) is 2.40. The molecule has 5 heteroatoms. The van der Waals surface area contributed by atoms with Crippen molar-refractivity contribution in [3.63, 3.8) is 0 Å². The molecule has 0 saturated heterocycles. The van der Waals surface area contributed by atoms with E-state index in [0.29, 0.717) is 34.1 Å². The third-order valence-corrected chi connectivity index (χ3v) is 4.61. The van der Waals surface area contributed by atoms with E-state index in [2.05, 4.69) is 0 Å². The fraction of sp³-hybridized carbons (Fsp3) is 0.0952. The lowest BCUT2D eigenvalue weighted by atomic mass is 10.1. The molecular weight excluding hydrogens is 331 g/mol. The highest BCUT2D eigenvalue weighted by atomic mass is 19.1. The zero-order valence-corrected chi connectivity index (χ0v) is 14.2. The Morgan fingerprint density at radius 3 is 2.50 bits per heavy atom. The van der Waals surface area contributed by atoms with Gasteiger partial charge in [0.05, 0.1) is 23.5 Å². The fourth-order valence-electron chi connectivity index (χ4n) is 3.51. The van der Waals surface area contributed by atoms with Gasteiger partial charge in [0.25, 0.3) is 0 Å². The Morgan fingerprint density at radius 1 is 1.04 bits per heavy atom. The average Bonchev–Trinajstić information content (AvgIpc) is 2.98. The number of halogens is 1. The van der Waals surface area contributed by atoms with Crippen LogP contribution in [0.2, 0.25) is 0 Å². The van der Waals surface area contributed by atoms with Gasteiger partial charge in [0.1, 0.15) is 11.6 Å². The second-order valence-corrected chi connectivity index (χ2v) is 6.11. The Morgan fingerprint density at radius 2 is 1.81 bits per heavy atom. The Hall–Kier alpha value is -3.34. The number of nitrogens with two attached hydrogens (primary N) is 1. The van der Waals surface area contributed by atoms with E-state index >= 15 is 0 Å². The highest BCUT2D eigenvalue weighted by Gasteiger charge is 2.22. The van der Waals surface area contributed by atoms with E-state index in [-0.39, 0.29) is 5.82 Å². The lowest BCUT2D eigenvalue weighted by Crippen LogP contribution is -2.11. The summed E-state index contributed by atoms with van der Waals surface area (Å²) in [6.45, 7) is 0.465. The molecule has 3 aromatic carbocycles. The summed E-state index contributed by atoms with van der Waals surface area (Å²) in [6.07, 6.45) is 0. The number of benzene rings is 3. The molecule has 1 aromatic heterocycles. The summed E-state index contributed by atoms with van der Waals surface area (Å²) < 4.78 is 22.2. The molecule has 0 bridgehead atoms. The van der Waals surface area contributed by atoms with Crippen LogP contribution in [-0.2, 0) is 6.54 Å². The number of carbonyl (C=O) groups is 1. The van der Waals surface area contributed by atoms with Crippen molar-refractivity contribution >= 4 is 27.7 Å². The molecule has 0 fully saturated rings. The van der Waals surface area contributed by atoms with E-state index in [0.717, 1.165) is 11.1 Å². The number of amides is 1. The number of carbonyl (C=O) groups excluding carboxylic acids is 1. The third-order valence-electron chi connectivity index (χ3n) is 4.61. The summed E-state index contributed by atoms with van der Waals surface area (Å²) in [5, 5.41) is 1.18. The molecule has 0 saturated carbocycles. The van der Waals surface area contributed by atoms with Gasteiger partial charge in [-0.3, -0.25) is 4.79 Å². The summed E-state index contributed by atoms with van der Waals surface area (Å²) >= 11 is 0. The van der Waals surface area contributed by atoms with Crippen LogP contribution in [0.25, 0.3) is 21.8 Å². The van der Waals surface area contributed by atoms with E-state index in [1.807, 2.05) is 41.0 Å². The van der Waals surface area contributed by atoms with Crippen molar-refractivity contribution in [1.29, 1.82) is 0 Å². The smallest absolute Gasteiger partial charge is 0.249 e. The van der Waals surface area contributed by atoms with Gasteiger partial charge in [0, 0.05) is 17.5 Å². The van der Waals surface area contributed by atoms with E-state index in [1.54, 1.807) is 18.2 Å². The number of nitrogens with zero attached hydrogens (tertiary/aromatic N) is 1. The maximum Gasteiger partial charge on any atom is 0.249 e. The highest BCUT2D eigenvalue weighted by molar-refractivity contribution is 6.19. The first-order chi connectivity index (χ1) is 12.6. The molecular formula is C21H17FN2O2. The topological polar surface area (TPSA) is 57.2 Å². The summed E-state index contributed by atoms with van der Waals surface area (Å²) in [5.74, 6) is -0.420. The predicted molar refractivity (Wildman–Crippen MR) is 100 cm³/mol. The fourth-order valence-corrected chi connectivity index (χ4v) is 3.51. The Bertz CT molecular complexity index is 1130. The van der Waals surface area contributed by atoms with E-state index in [4.69, 9.17) is 10.5 Å². The van der Waals surface area contributed by atoms with Crippen molar-refractivity contribution in [2.75, 3.05) is 7.11 Å². The van der Waals surface area contributed by atoms with Crippen molar-refractivity contribution in [2.24, 2.45) is 5.73 Å². The van der Waals surface area contributed by atoms with Crippen LogP contribution in [0.1, 0.15) is 15.9 Å². The lowest BCUT2D eigenvalue weighted by Gasteiger charge is -2.09. The molecule has 0 aliphatic rings. The second-order valence-electron chi connectivity index (χ2n) is 6.11. The van der Waals surface area contributed by atoms with Crippen molar-refractivity contribution in [3.05, 3.63) is 77.6 Å². The maximum absolute atomic E-state index is 14.8. The monoisotopic (exact) mass is 348 g/mol.